The van der Waals surface area contributed by atoms with Crippen molar-refractivity contribution in [1.29, 1.82) is 0 Å². The molecule has 0 N–H and O–H groups in total. The van der Waals surface area contributed by atoms with Gasteiger partial charge in [-0.2, -0.15) is 0 Å². The maximum absolute atomic E-state index is 7.79. The van der Waals surface area contributed by atoms with Gasteiger partial charge in [0.05, 0.1) is 44.7 Å². The lowest BCUT2D eigenvalue weighted by atomic mass is 9.83. The highest BCUT2D eigenvalue weighted by Crippen LogP contribution is 2.48. The highest BCUT2D eigenvalue weighted by atomic mass is 32.2. The van der Waals surface area contributed by atoms with Crippen LogP contribution in [0.15, 0.2) is 126 Å². The molecule has 1 heterocycles. The van der Waals surface area contributed by atoms with Crippen molar-refractivity contribution in [3.8, 4) is 0 Å². The van der Waals surface area contributed by atoms with Crippen LogP contribution in [0.4, 0.5) is 0 Å². The summed E-state index contributed by atoms with van der Waals surface area (Å²) in [7, 11) is -2.36. The molecular formula is C46H62O5SSi. The molecule has 0 amide bonds. The Morgan fingerprint density at radius 3 is 1.70 bits per heavy atom. The highest BCUT2D eigenvalue weighted by molar-refractivity contribution is 7.99. The minimum Gasteiger partial charge on any atom is -0.410 e. The van der Waals surface area contributed by atoms with Gasteiger partial charge in [0.25, 0.3) is 0 Å². The maximum Gasteiger partial charge on any atom is 0.200 e. The van der Waals surface area contributed by atoms with Crippen LogP contribution in [-0.2, 0) is 43.2 Å². The molecular weight excluding hydrogens is 693 g/mol. The first-order valence-corrected chi connectivity index (χ1v) is 22.7. The smallest absolute Gasteiger partial charge is 0.200 e. The summed E-state index contributed by atoms with van der Waals surface area (Å²) in [4.78, 5) is 1.25. The molecule has 53 heavy (non-hydrogen) atoms. The van der Waals surface area contributed by atoms with E-state index in [1.807, 2.05) is 23.9 Å². The predicted octanol–water partition coefficient (Wildman–Crippen LogP) is 11.7. The molecule has 5 rings (SSSR count). The van der Waals surface area contributed by atoms with Crippen LogP contribution in [0.25, 0.3) is 0 Å². The van der Waals surface area contributed by atoms with Crippen molar-refractivity contribution >= 4 is 20.1 Å². The number of hydrogen-bond acceptors (Lipinski definition) is 6. The van der Waals surface area contributed by atoms with E-state index in [2.05, 4.69) is 158 Å². The molecule has 1 saturated heterocycles. The molecule has 1 aliphatic heterocycles. The second-order valence-electron chi connectivity index (χ2n) is 15.6. The standard InChI is InChI=1S/C46H62O5SSi/c1-35(2)53(36(3)4,37(5)6)51-45-30-42(48-32-39-22-14-9-15-23-39)43(34-47-31-38-20-12-8-13-21-38)50-46(45,7)44(49-33-40-24-16-10-17-25-40)28-29-52-41-26-18-11-19-27-41/h8-27,35-37,42-45H,28-34H2,1-7H3/t42-,43+,44+,45+,46-/m0/s1. The normalized spacial score (nSPS) is 21.4. The van der Waals surface area contributed by atoms with E-state index in [0.29, 0.717) is 49.5 Å². The largest absolute Gasteiger partial charge is 0.410 e. The molecule has 7 heteroatoms. The SMILES string of the molecule is CC(C)[Si](O[C@@H]1C[C@H](OCc2ccccc2)[C@@H](COCc2ccccc2)O[C@@]1(C)[C@@H](CCSc1ccccc1)OCc1ccccc1)(C(C)C)C(C)C. The Hall–Kier alpha value is -2.75. The third kappa shape index (κ3) is 11.2. The molecule has 0 aliphatic carbocycles. The number of hydrogen-bond donors (Lipinski definition) is 0. The average Bonchev–Trinajstić information content (AvgIpc) is 3.16. The molecule has 0 radical (unpaired) electrons. The Labute approximate surface area is 325 Å². The first-order chi connectivity index (χ1) is 25.6. The lowest BCUT2D eigenvalue weighted by Crippen LogP contribution is -2.66. The number of thioether (sulfide) groups is 1. The molecule has 0 aromatic heterocycles. The summed E-state index contributed by atoms with van der Waals surface area (Å²) in [5.41, 5.74) is 3.90. The number of ether oxygens (including phenoxy) is 4. The second kappa shape index (κ2) is 20.2. The van der Waals surface area contributed by atoms with Crippen molar-refractivity contribution < 1.29 is 23.4 Å². The quantitative estimate of drug-likeness (QED) is 0.0661. The molecule has 0 unspecified atom stereocenters. The summed E-state index contributed by atoms with van der Waals surface area (Å²) in [6.45, 7) is 18.3. The van der Waals surface area contributed by atoms with Gasteiger partial charge >= 0.3 is 0 Å². The van der Waals surface area contributed by atoms with Crippen LogP contribution >= 0.6 is 11.8 Å². The van der Waals surface area contributed by atoms with Crippen molar-refractivity contribution in [1.82, 2.24) is 0 Å². The lowest BCUT2D eigenvalue weighted by molar-refractivity contribution is -0.274. The minimum atomic E-state index is -2.36. The summed E-state index contributed by atoms with van der Waals surface area (Å²) in [6, 6.07) is 41.9. The van der Waals surface area contributed by atoms with Crippen molar-refractivity contribution in [2.24, 2.45) is 0 Å². The highest BCUT2D eigenvalue weighted by Gasteiger charge is 2.56. The van der Waals surface area contributed by atoms with Gasteiger partial charge in [0.2, 0.25) is 8.32 Å². The Balaban J connectivity index is 1.51. The molecule has 4 aromatic carbocycles. The van der Waals surface area contributed by atoms with Crippen LogP contribution in [0.1, 0.15) is 78.0 Å². The molecule has 5 nitrogen and oxygen atoms in total. The zero-order chi connectivity index (χ0) is 37.7. The van der Waals surface area contributed by atoms with Crippen molar-refractivity contribution in [2.45, 2.75) is 133 Å². The summed E-state index contributed by atoms with van der Waals surface area (Å²) >= 11 is 1.86. The minimum absolute atomic E-state index is 0.226. The zero-order valence-electron chi connectivity index (χ0n) is 33.0. The number of rotatable bonds is 20. The first kappa shape index (κ1) is 41.4. The molecule has 286 valence electrons. The van der Waals surface area contributed by atoms with Crippen molar-refractivity contribution in [3.05, 3.63) is 138 Å². The van der Waals surface area contributed by atoms with E-state index in [0.717, 1.165) is 28.9 Å². The van der Waals surface area contributed by atoms with E-state index >= 15 is 0 Å². The first-order valence-electron chi connectivity index (χ1n) is 19.6. The Kier molecular flexibility index (Phi) is 15.8. The Morgan fingerprint density at radius 1 is 0.679 bits per heavy atom. The van der Waals surface area contributed by atoms with Gasteiger partial charge in [-0.25, -0.2) is 0 Å². The summed E-state index contributed by atoms with van der Waals surface area (Å²) in [5.74, 6) is 0.888. The topological polar surface area (TPSA) is 46.2 Å². The van der Waals surface area contributed by atoms with Crippen molar-refractivity contribution in [2.75, 3.05) is 12.4 Å². The third-order valence-electron chi connectivity index (χ3n) is 11.0. The predicted molar refractivity (Wildman–Crippen MR) is 222 cm³/mol. The van der Waals surface area contributed by atoms with E-state index in [4.69, 9.17) is 23.4 Å². The summed E-state index contributed by atoms with van der Waals surface area (Å²) < 4.78 is 35.6. The molecule has 5 atom stereocenters. The van der Waals surface area contributed by atoms with Gasteiger partial charge in [0.1, 0.15) is 11.7 Å². The fraction of sp³-hybridized carbons (Fsp3) is 0.478. The van der Waals surface area contributed by atoms with Crippen LogP contribution in [0.5, 0.6) is 0 Å². The number of benzene rings is 4. The fourth-order valence-electron chi connectivity index (χ4n) is 8.25. The fourth-order valence-corrected chi connectivity index (χ4v) is 14.8. The van der Waals surface area contributed by atoms with E-state index in [1.165, 1.54) is 4.90 Å². The average molecular weight is 755 g/mol. The lowest BCUT2D eigenvalue weighted by Gasteiger charge is -2.55. The zero-order valence-corrected chi connectivity index (χ0v) is 34.8. The van der Waals surface area contributed by atoms with Crippen molar-refractivity contribution in [3.63, 3.8) is 0 Å². The van der Waals surface area contributed by atoms with Gasteiger partial charge in [-0.3, -0.25) is 0 Å². The molecule has 0 saturated carbocycles. The van der Waals surface area contributed by atoms with E-state index in [9.17, 15) is 0 Å². The Morgan fingerprint density at radius 2 is 1.17 bits per heavy atom. The monoisotopic (exact) mass is 754 g/mol. The van der Waals surface area contributed by atoms with E-state index in [1.54, 1.807) is 0 Å². The van der Waals surface area contributed by atoms with Gasteiger partial charge in [0, 0.05) is 17.1 Å². The maximum atomic E-state index is 7.79. The second-order valence-corrected chi connectivity index (χ2v) is 22.1. The van der Waals surface area contributed by atoms with E-state index < -0.39 is 13.9 Å². The molecule has 4 aromatic rings. The third-order valence-corrected chi connectivity index (χ3v) is 18.1. The van der Waals surface area contributed by atoms with Crippen LogP contribution < -0.4 is 0 Å². The van der Waals surface area contributed by atoms with Crippen LogP contribution in [0, 0.1) is 0 Å². The van der Waals surface area contributed by atoms with Crippen LogP contribution in [-0.4, -0.2) is 50.7 Å². The van der Waals surface area contributed by atoms with Gasteiger partial charge in [-0.05, 0) is 58.8 Å². The van der Waals surface area contributed by atoms with E-state index in [-0.39, 0.29) is 24.4 Å². The Bertz CT molecular complexity index is 1570. The molecule has 1 fully saturated rings. The summed E-state index contributed by atoms with van der Waals surface area (Å²) in [5, 5.41) is 0. The molecule has 0 bridgehead atoms. The molecule has 0 spiro atoms. The summed E-state index contributed by atoms with van der Waals surface area (Å²) in [6.07, 6.45) is 0.473. The van der Waals surface area contributed by atoms with Gasteiger partial charge in [0.15, 0.2) is 0 Å². The van der Waals surface area contributed by atoms with Gasteiger partial charge in [-0.1, -0.05) is 151 Å². The van der Waals surface area contributed by atoms with Crippen LogP contribution in [0.3, 0.4) is 0 Å². The van der Waals surface area contributed by atoms with Gasteiger partial charge < -0.3 is 23.4 Å². The molecule has 1 aliphatic rings. The van der Waals surface area contributed by atoms with Gasteiger partial charge in [-0.15, -0.1) is 11.8 Å². The van der Waals surface area contributed by atoms with Crippen LogP contribution in [0.2, 0.25) is 16.6 Å².